The third kappa shape index (κ3) is 3.62. The maximum Gasteiger partial charge on any atom is 0.394 e. The molecule has 5 heteroatoms. The third-order valence-corrected chi connectivity index (χ3v) is 3.46. The molecular weight excluding hydrogens is 269 g/mol. The molecule has 1 fully saturated rings. The lowest BCUT2D eigenvalue weighted by molar-refractivity contribution is -0.188. The Kier molecular flexibility index (Phi) is 4.16. The molecule has 0 amide bonds. The molecule has 1 saturated carbocycles. The molecule has 0 atom stereocenters. The van der Waals surface area contributed by atoms with E-state index in [1.54, 1.807) is 30.3 Å². The second kappa shape index (κ2) is 5.69. The molecule has 0 unspecified atom stereocenters. The molecule has 0 spiro atoms. The van der Waals surface area contributed by atoms with Crippen LogP contribution in [0.3, 0.4) is 0 Å². The molecule has 0 radical (unpaired) electrons. The Hall–Kier alpha value is -1.78. The van der Waals surface area contributed by atoms with E-state index in [-0.39, 0.29) is 25.7 Å². The average Bonchev–Trinajstić information content (AvgIpc) is 3.16. The molecule has 1 aliphatic rings. The first-order valence-corrected chi connectivity index (χ1v) is 6.43. The zero-order chi connectivity index (χ0) is 14.6. The minimum Gasteiger partial charge on any atom is -0.423 e. The van der Waals surface area contributed by atoms with Crippen molar-refractivity contribution in [3.8, 4) is 5.75 Å². The minimum atomic E-state index is -4.13. The zero-order valence-electron chi connectivity index (χ0n) is 10.8. The molecule has 20 heavy (non-hydrogen) atoms. The first-order chi connectivity index (χ1) is 9.43. The van der Waals surface area contributed by atoms with Crippen LogP contribution in [-0.4, -0.2) is 12.1 Å². The van der Waals surface area contributed by atoms with Gasteiger partial charge < -0.3 is 4.74 Å². The molecule has 0 saturated heterocycles. The Morgan fingerprint density at radius 1 is 1.25 bits per heavy atom. The highest BCUT2D eigenvalue weighted by molar-refractivity contribution is 5.83. The number of halogens is 3. The number of alkyl halides is 3. The summed E-state index contributed by atoms with van der Waals surface area (Å²) in [7, 11) is 0. The lowest BCUT2D eigenvalue weighted by Gasteiger charge is -2.17. The number of esters is 1. The molecule has 0 aromatic heterocycles. The maximum atomic E-state index is 12.7. The third-order valence-electron chi connectivity index (χ3n) is 3.46. The fraction of sp³-hybridized carbons (Fsp3) is 0.400. The van der Waals surface area contributed by atoms with Gasteiger partial charge in [0.25, 0.3) is 0 Å². The summed E-state index contributed by atoms with van der Waals surface area (Å²) in [6.07, 6.45) is -0.867. The number of rotatable bonds is 5. The SMILES string of the molecule is O=C(/C=C/CCC1(C(F)(F)F)CC1)Oc1ccccc1. The molecule has 1 aromatic carbocycles. The smallest absolute Gasteiger partial charge is 0.394 e. The monoisotopic (exact) mass is 284 g/mol. The summed E-state index contributed by atoms with van der Waals surface area (Å²) in [5, 5.41) is 0. The van der Waals surface area contributed by atoms with Crippen LogP contribution in [-0.2, 0) is 4.79 Å². The summed E-state index contributed by atoms with van der Waals surface area (Å²) in [5.74, 6) is -0.163. The van der Waals surface area contributed by atoms with Crippen LogP contribution in [0.4, 0.5) is 13.2 Å². The molecule has 1 aliphatic carbocycles. The first kappa shape index (κ1) is 14.6. The van der Waals surface area contributed by atoms with E-state index in [0.29, 0.717) is 5.75 Å². The van der Waals surface area contributed by atoms with Gasteiger partial charge in [0, 0.05) is 6.08 Å². The molecule has 0 bridgehead atoms. The van der Waals surface area contributed by atoms with Crippen molar-refractivity contribution in [3.05, 3.63) is 42.5 Å². The van der Waals surface area contributed by atoms with Crippen molar-refractivity contribution in [1.29, 1.82) is 0 Å². The van der Waals surface area contributed by atoms with Gasteiger partial charge in [-0.25, -0.2) is 4.79 Å². The fourth-order valence-corrected chi connectivity index (χ4v) is 2.00. The number of allylic oxidation sites excluding steroid dienone is 1. The summed E-state index contributed by atoms with van der Waals surface area (Å²) in [6.45, 7) is 0. The Morgan fingerprint density at radius 2 is 1.90 bits per heavy atom. The van der Waals surface area contributed by atoms with Gasteiger partial charge in [-0.1, -0.05) is 24.3 Å². The lowest BCUT2D eigenvalue weighted by atomic mass is 9.99. The van der Waals surface area contributed by atoms with Crippen molar-refractivity contribution >= 4 is 5.97 Å². The highest BCUT2D eigenvalue weighted by Crippen LogP contribution is 2.60. The van der Waals surface area contributed by atoms with Gasteiger partial charge in [0.1, 0.15) is 5.75 Å². The number of carbonyl (C=O) groups excluding carboxylic acids is 1. The minimum absolute atomic E-state index is 0.0334. The van der Waals surface area contributed by atoms with Gasteiger partial charge in [0.15, 0.2) is 0 Å². The average molecular weight is 284 g/mol. The van der Waals surface area contributed by atoms with E-state index < -0.39 is 17.6 Å². The van der Waals surface area contributed by atoms with Crippen molar-refractivity contribution in [1.82, 2.24) is 0 Å². The second-order valence-corrected chi connectivity index (χ2v) is 4.95. The van der Waals surface area contributed by atoms with Crippen LogP contribution in [0.2, 0.25) is 0 Å². The molecule has 108 valence electrons. The number of benzene rings is 1. The fourth-order valence-electron chi connectivity index (χ4n) is 2.00. The molecule has 0 aliphatic heterocycles. The quantitative estimate of drug-likeness (QED) is 0.458. The van der Waals surface area contributed by atoms with E-state index in [9.17, 15) is 18.0 Å². The summed E-state index contributed by atoms with van der Waals surface area (Å²) >= 11 is 0. The number of hydrogen-bond acceptors (Lipinski definition) is 2. The van der Waals surface area contributed by atoms with Crippen molar-refractivity contribution in [2.45, 2.75) is 31.9 Å². The van der Waals surface area contributed by atoms with Crippen LogP contribution in [0, 0.1) is 5.41 Å². The van der Waals surface area contributed by atoms with E-state index in [1.807, 2.05) is 0 Å². The number of para-hydroxylation sites is 1. The van der Waals surface area contributed by atoms with Gasteiger partial charge in [-0.2, -0.15) is 13.2 Å². The van der Waals surface area contributed by atoms with E-state index in [4.69, 9.17) is 4.74 Å². The number of ether oxygens (including phenoxy) is 1. The van der Waals surface area contributed by atoms with Crippen LogP contribution >= 0.6 is 0 Å². The summed E-state index contributed by atoms with van der Waals surface area (Å²) in [4.78, 5) is 11.4. The topological polar surface area (TPSA) is 26.3 Å². The predicted molar refractivity (Wildman–Crippen MR) is 68.2 cm³/mol. The van der Waals surface area contributed by atoms with Crippen molar-refractivity contribution in [2.24, 2.45) is 5.41 Å². The summed E-state index contributed by atoms with van der Waals surface area (Å²) < 4.78 is 42.9. The Labute approximate surface area is 115 Å². The van der Waals surface area contributed by atoms with E-state index in [0.717, 1.165) is 0 Å². The predicted octanol–water partition coefficient (Wildman–Crippen LogP) is 4.27. The number of hydrogen-bond donors (Lipinski definition) is 0. The van der Waals surface area contributed by atoms with Crippen LogP contribution in [0.5, 0.6) is 5.75 Å². The highest BCUT2D eigenvalue weighted by atomic mass is 19.4. The Balaban J connectivity index is 1.76. The van der Waals surface area contributed by atoms with Crippen LogP contribution in [0.15, 0.2) is 42.5 Å². The Morgan fingerprint density at radius 3 is 2.45 bits per heavy atom. The molecule has 2 nitrogen and oxygen atoms in total. The van der Waals surface area contributed by atoms with Crippen LogP contribution in [0.25, 0.3) is 0 Å². The van der Waals surface area contributed by atoms with Gasteiger partial charge in [-0.05, 0) is 37.8 Å². The van der Waals surface area contributed by atoms with Crippen molar-refractivity contribution < 1.29 is 22.7 Å². The van der Waals surface area contributed by atoms with E-state index >= 15 is 0 Å². The summed E-state index contributed by atoms with van der Waals surface area (Å²) in [6, 6.07) is 8.52. The van der Waals surface area contributed by atoms with Gasteiger partial charge >= 0.3 is 12.1 Å². The molecule has 1 aromatic rings. The highest BCUT2D eigenvalue weighted by Gasteiger charge is 2.62. The van der Waals surface area contributed by atoms with Gasteiger partial charge in [0.2, 0.25) is 0 Å². The van der Waals surface area contributed by atoms with Crippen LogP contribution in [0.1, 0.15) is 25.7 Å². The van der Waals surface area contributed by atoms with E-state index in [2.05, 4.69) is 0 Å². The molecule has 0 heterocycles. The van der Waals surface area contributed by atoms with Gasteiger partial charge in [-0.3, -0.25) is 0 Å². The Bertz CT molecular complexity index is 488. The van der Waals surface area contributed by atoms with Crippen LogP contribution < -0.4 is 4.74 Å². The van der Waals surface area contributed by atoms with Crippen molar-refractivity contribution in [2.75, 3.05) is 0 Å². The number of carbonyl (C=O) groups is 1. The van der Waals surface area contributed by atoms with Gasteiger partial charge in [0.05, 0.1) is 5.41 Å². The largest absolute Gasteiger partial charge is 0.423 e. The van der Waals surface area contributed by atoms with E-state index in [1.165, 1.54) is 12.2 Å². The normalized spacial score (nSPS) is 17.1. The lowest BCUT2D eigenvalue weighted by Crippen LogP contribution is -2.24. The summed E-state index contributed by atoms with van der Waals surface area (Å²) in [5.41, 5.74) is -1.51. The van der Waals surface area contributed by atoms with Crippen molar-refractivity contribution in [3.63, 3.8) is 0 Å². The van der Waals surface area contributed by atoms with Gasteiger partial charge in [-0.15, -0.1) is 0 Å². The standard InChI is InChI=1S/C15H15F3O2/c16-15(17,18)14(10-11-14)9-5-4-8-13(19)20-12-6-2-1-3-7-12/h1-4,6-8H,5,9-11H2/b8-4+. The molecule has 2 rings (SSSR count). The zero-order valence-corrected chi connectivity index (χ0v) is 10.8. The second-order valence-electron chi connectivity index (χ2n) is 4.95. The first-order valence-electron chi connectivity index (χ1n) is 6.43. The molecular formula is C15H15F3O2. The molecule has 0 N–H and O–H groups in total. The maximum absolute atomic E-state index is 12.7.